The van der Waals surface area contributed by atoms with Crippen LogP contribution in [0.5, 0.6) is 0 Å². The van der Waals surface area contributed by atoms with E-state index >= 15 is 0 Å². The van der Waals surface area contributed by atoms with Gasteiger partial charge in [0.15, 0.2) is 0 Å². The van der Waals surface area contributed by atoms with E-state index in [4.69, 9.17) is 5.26 Å². The first-order valence-electron chi connectivity index (χ1n) is 4.97. The molecular weight excluding hydrogens is 280 g/mol. The number of benzene rings is 1. The Morgan fingerprint density at radius 3 is 2.76 bits per heavy atom. The molecule has 0 radical (unpaired) electrons. The maximum Gasteiger partial charge on any atom is 0.115 e. The molecule has 0 bridgehead atoms. The van der Waals surface area contributed by atoms with Crippen LogP contribution in [0.3, 0.4) is 0 Å². The molecular formula is C12H9BrN4. The molecule has 0 saturated carbocycles. The molecule has 2 rings (SSSR count). The van der Waals surface area contributed by atoms with Gasteiger partial charge < -0.3 is 5.32 Å². The minimum absolute atomic E-state index is 0.594. The lowest BCUT2D eigenvalue weighted by Crippen LogP contribution is -2.02. The van der Waals surface area contributed by atoms with Crippen LogP contribution >= 0.6 is 15.9 Å². The van der Waals surface area contributed by atoms with E-state index in [1.807, 2.05) is 12.1 Å². The van der Waals surface area contributed by atoms with Gasteiger partial charge in [-0.15, -0.1) is 0 Å². The van der Waals surface area contributed by atoms with Crippen LogP contribution in [-0.2, 0) is 6.54 Å². The number of nitrogens with zero attached hydrogens (tertiary/aromatic N) is 3. The molecule has 0 atom stereocenters. The molecule has 1 aromatic carbocycles. The molecule has 4 nitrogen and oxygen atoms in total. The van der Waals surface area contributed by atoms with E-state index in [9.17, 15) is 0 Å². The molecule has 0 amide bonds. The van der Waals surface area contributed by atoms with Gasteiger partial charge in [0.05, 0.1) is 11.3 Å². The summed E-state index contributed by atoms with van der Waals surface area (Å²) in [6.07, 6.45) is 4.97. The smallest absolute Gasteiger partial charge is 0.115 e. The van der Waals surface area contributed by atoms with Crippen LogP contribution < -0.4 is 5.32 Å². The molecule has 0 aliphatic heterocycles. The molecule has 84 valence electrons. The number of anilines is 1. The Balaban J connectivity index is 2.12. The Bertz CT molecular complexity index is 548. The number of nitrogens with one attached hydrogen (secondary N) is 1. The topological polar surface area (TPSA) is 61.6 Å². The summed E-state index contributed by atoms with van der Waals surface area (Å²) in [6.45, 7) is 0.594. The molecule has 5 heteroatoms. The summed E-state index contributed by atoms with van der Waals surface area (Å²) in [6, 6.07) is 7.69. The summed E-state index contributed by atoms with van der Waals surface area (Å²) in [7, 11) is 0. The first-order chi connectivity index (χ1) is 8.29. The minimum Gasteiger partial charge on any atom is -0.380 e. The fourth-order valence-corrected chi connectivity index (χ4v) is 1.74. The molecule has 1 aromatic heterocycles. The average Bonchev–Trinajstić information content (AvgIpc) is 2.38. The van der Waals surface area contributed by atoms with Crippen molar-refractivity contribution < 1.29 is 0 Å². The van der Waals surface area contributed by atoms with Crippen LogP contribution in [0, 0.1) is 11.3 Å². The highest BCUT2D eigenvalue weighted by atomic mass is 79.9. The van der Waals surface area contributed by atoms with Crippen molar-refractivity contribution in [3.8, 4) is 6.07 Å². The fourth-order valence-electron chi connectivity index (χ4n) is 1.38. The van der Waals surface area contributed by atoms with Crippen LogP contribution in [-0.4, -0.2) is 9.97 Å². The lowest BCUT2D eigenvalue weighted by molar-refractivity contribution is 1.05. The van der Waals surface area contributed by atoms with Gasteiger partial charge in [0.25, 0.3) is 0 Å². The SMILES string of the molecule is N#Cc1cc(Br)ccc1NCc1cncnc1. The largest absolute Gasteiger partial charge is 0.380 e. The highest BCUT2D eigenvalue weighted by Crippen LogP contribution is 2.20. The third-order valence-electron chi connectivity index (χ3n) is 2.20. The Morgan fingerprint density at radius 2 is 2.06 bits per heavy atom. The van der Waals surface area contributed by atoms with E-state index < -0.39 is 0 Å². The van der Waals surface area contributed by atoms with Crippen molar-refractivity contribution in [2.75, 3.05) is 5.32 Å². The predicted octanol–water partition coefficient (Wildman–Crippen LogP) is 2.72. The molecule has 2 aromatic rings. The first kappa shape index (κ1) is 11.6. The van der Waals surface area contributed by atoms with Gasteiger partial charge >= 0.3 is 0 Å². The van der Waals surface area contributed by atoms with Crippen LogP contribution in [0.25, 0.3) is 0 Å². The van der Waals surface area contributed by atoms with Crippen molar-refractivity contribution in [2.24, 2.45) is 0 Å². The number of hydrogen-bond acceptors (Lipinski definition) is 4. The highest BCUT2D eigenvalue weighted by molar-refractivity contribution is 9.10. The molecule has 0 saturated heterocycles. The Labute approximate surface area is 107 Å². The van der Waals surface area contributed by atoms with Crippen LogP contribution in [0.15, 0.2) is 41.4 Å². The van der Waals surface area contributed by atoms with E-state index in [1.54, 1.807) is 18.5 Å². The maximum absolute atomic E-state index is 9.00. The van der Waals surface area contributed by atoms with E-state index in [-0.39, 0.29) is 0 Å². The van der Waals surface area contributed by atoms with Crippen LogP contribution in [0.2, 0.25) is 0 Å². The lowest BCUT2D eigenvalue weighted by Gasteiger charge is -2.07. The van der Waals surface area contributed by atoms with E-state index in [1.165, 1.54) is 6.33 Å². The molecule has 0 fully saturated rings. The van der Waals surface area contributed by atoms with Crippen molar-refractivity contribution in [1.82, 2.24) is 9.97 Å². The highest BCUT2D eigenvalue weighted by Gasteiger charge is 2.02. The normalized spacial score (nSPS) is 9.65. The fraction of sp³-hybridized carbons (Fsp3) is 0.0833. The number of hydrogen-bond donors (Lipinski definition) is 1. The van der Waals surface area contributed by atoms with E-state index in [0.29, 0.717) is 12.1 Å². The van der Waals surface area contributed by atoms with Gasteiger partial charge in [-0.25, -0.2) is 9.97 Å². The zero-order valence-corrected chi connectivity index (χ0v) is 10.5. The second-order valence-corrected chi connectivity index (χ2v) is 4.32. The Morgan fingerprint density at radius 1 is 1.29 bits per heavy atom. The third kappa shape index (κ3) is 3.02. The standard InChI is InChI=1S/C12H9BrN4/c13-11-1-2-12(10(3-11)4-14)17-7-9-5-15-8-16-6-9/h1-3,5-6,8,17H,7H2. The van der Waals surface area contributed by atoms with Gasteiger partial charge in [-0.2, -0.15) is 5.26 Å². The molecule has 1 N–H and O–H groups in total. The van der Waals surface area contributed by atoms with Crippen LogP contribution in [0.4, 0.5) is 5.69 Å². The van der Waals surface area contributed by atoms with Crippen molar-refractivity contribution in [2.45, 2.75) is 6.54 Å². The molecule has 1 heterocycles. The molecule has 17 heavy (non-hydrogen) atoms. The number of rotatable bonds is 3. The van der Waals surface area contributed by atoms with Gasteiger partial charge in [0, 0.05) is 29.0 Å². The molecule has 0 aliphatic rings. The van der Waals surface area contributed by atoms with Crippen LogP contribution in [0.1, 0.15) is 11.1 Å². The van der Waals surface area contributed by atoms with E-state index in [0.717, 1.165) is 15.7 Å². The number of aromatic nitrogens is 2. The average molecular weight is 289 g/mol. The number of halogens is 1. The van der Waals surface area contributed by atoms with Gasteiger partial charge in [-0.1, -0.05) is 15.9 Å². The van der Waals surface area contributed by atoms with E-state index in [2.05, 4.69) is 37.3 Å². The lowest BCUT2D eigenvalue weighted by atomic mass is 10.2. The van der Waals surface area contributed by atoms with Crippen molar-refractivity contribution >= 4 is 21.6 Å². The zero-order chi connectivity index (χ0) is 12.1. The monoisotopic (exact) mass is 288 g/mol. The quantitative estimate of drug-likeness (QED) is 0.943. The third-order valence-corrected chi connectivity index (χ3v) is 2.69. The summed E-state index contributed by atoms with van der Waals surface area (Å²) in [5, 5.41) is 12.2. The Kier molecular flexibility index (Phi) is 3.68. The first-order valence-corrected chi connectivity index (χ1v) is 5.76. The summed E-state index contributed by atoms with van der Waals surface area (Å²) in [5.41, 5.74) is 2.38. The molecule has 0 unspecified atom stereocenters. The summed E-state index contributed by atoms with van der Waals surface area (Å²) in [5.74, 6) is 0. The van der Waals surface area contributed by atoms with Gasteiger partial charge in [0.2, 0.25) is 0 Å². The summed E-state index contributed by atoms with van der Waals surface area (Å²) >= 11 is 3.33. The van der Waals surface area contributed by atoms with Crippen molar-refractivity contribution in [3.05, 3.63) is 52.5 Å². The second-order valence-electron chi connectivity index (χ2n) is 3.40. The molecule has 0 spiro atoms. The maximum atomic E-state index is 9.00. The van der Waals surface area contributed by atoms with Crippen molar-refractivity contribution in [1.29, 1.82) is 5.26 Å². The minimum atomic E-state index is 0.594. The van der Waals surface area contributed by atoms with Gasteiger partial charge in [-0.3, -0.25) is 0 Å². The van der Waals surface area contributed by atoms with Gasteiger partial charge in [-0.05, 0) is 18.2 Å². The molecule has 0 aliphatic carbocycles. The summed E-state index contributed by atoms with van der Waals surface area (Å²) < 4.78 is 0.891. The predicted molar refractivity (Wildman–Crippen MR) is 68.2 cm³/mol. The van der Waals surface area contributed by atoms with Gasteiger partial charge in [0.1, 0.15) is 12.4 Å². The zero-order valence-electron chi connectivity index (χ0n) is 8.89. The summed E-state index contributed by atoms with van der Waals surface area (Å²) in [4.78, 5) is 7.86. The Hall–Kier alpha value is -1.93. The number of nitriles is 1. The second kappa shape index (κ2) is 5.41. The van der Waals surface area contributed by atoms with Crippen molar-refractivity contribution in [3.63, 3.8) is 0 Å².